The zero-order chi connectivity index (χ0) is 32.9. The summed E-state index contributed by atoms with van der Waals surface area (Å²) < 4.78 is 15.0. The highest BCUT2D eigenvalue weighted by molar-refractivity contribution is 9.10. The number of amides is 4. The predicted octanol–water partition coefficient (Wildman–Crippen LogP) is 7.54. The van der Waals surface area contributed by atoms with Crippen molar-refractivity contribution in [1.82, 2.24) is 0 Å². The van der Waals surface area contributed by atoms with Gasteiger partial charge in [0.15, 0.2) is 0 Å². The van der Waals surface area contributed by atoms with Crippen molar-refractivity contribution >= 4 is 73.3 Å². The van der Waals surface area contributed by atoms with Crippen LogP contribution in [0, 0.1) is 34.9 Å². The molecule has 0 spiro atoms. The Labute approximate surface area is 282 Å². The third-order valence-electron chi connectivity index (χ3n) is 10.8. The van der Waals surface area contributed by atoms with Crippen molar-refractivity contribution in [2.45, 2.75) is 25.7 Å². The molecule has 0 radical (unpaired) electrons. The van der Waals surface area contributed by atoms with Crippen LogP contribution in [0.1, 0.15) is 31.2 Å². The Morgan fingerprint density at radius 1 is 0.851 bits per heavy atom. The molecule has 10 heteroatoms. The van der Waals surface area contributed by atoms with E-state index in [1.807, 2.05) is 24.3 Å². The van der Waals surface area contributed by atoms with E-state index in [4.69, 9.17) is 11.6 Å². The second kappa shape index (κ2) is 10.6. The molecular weight excluding hydrogens is 687 g/mol. The lowest BCUT2D eigenvalue weighted by Gasteiger charge is -2.49. The molecule has 3 fully saturated rings. The third-order valence-corrected chi connectivity index (χ3v) is 11.6. The average Bonchev–Trinajstić information content (AvgIpc) is 3.43. The zero-order valence-corrected chi connectivity index (χ0v) is 27.3. The number of imide groups is 2. The predicted molar refractivity (Wildman–Crippen MR) is 178 cm³/mol. The molecular formula is C37H27BrClFN2O5. The van der Waals surface area contributed by atoms with E-state index in [0.717, 1.165) is 32.0 Å². The largest absolute Gasteiger partial charge is 0.507 e. The van der Waals surface area contributed by atoms with Crippen LogP contribution in [0.2, 0.25) is 5.02 Å². The van der Waals surface area contributed by atoms with E-state index in [0.29, 0.717) is 17.5 Å². The highest BCUT2D eigenvalue weighted by Crippen LogP contribution is 2.64. The highest BCUT2D eigenvalue weighted by atomic mass is 79.9. The fourth-order valence-electron chi connectivity index (χ4n) is 8.63. The summed E-state index contributed by atoms with van der Waals surface area (Å²) >= 11 is 9.52. The van der Waals surface area contributed by atoms with E-state index in [2.05, 4.69) is 15.9 Å². The summed E-state index contributed by atoms with van der Waals surface area (Å²) in [7, 11) is 0. The number of aromatic hydroxyl groups is 1. The molecule has 2 saturated heterocycles. The smallest absolute Gasteiger partial charge is 0.241 e. The average molecular weight is 714 g/mol. The first kappa shape index (κ1) is 30.0. The molecule has 8 rings (SSSR count). The Hall–Kier alpha value is -4.34. The van der Waals surface area contributed by atoms with Gasteiger partial charge in [0.2, 0.25) is 23.6 Å². The van der Waals surface area contributed by atoms with Crippen molar-refractivity contribution in [2.75, 3.05) is 9.80 Å². The first-order valence-corrected chi connectivity index (χ1v) is 16.6. The summed E-state index contributed by atoms with van der Waals surface area (Å²) in [4.78, 5) is 59.6. The number of rotatable bonds is 3. The van der Waals surface area contributed by atoms with Gasteiger partial charge in [0.1, 0.15) is 11.6 Å². The van der Waals surface area contributed by atoms with Gasteiger partial charge in [0, 0.05) is 15.8 Å². The van der Waals surface area contributed by atoms with Gasteiger partial charge in [0.25, 0.3) is 0 Å². The number of hydrogen-bond acceptors (Lipinski definition) is 5. The monoisotopic (exact) mass is 712 g/mol. The van der Waals surface area contributed by atoms with Gasteiger partial charge >= 0.3 is 0 Å². The van der Waals surface area contributed by atoms with Crippen LogP contribution in [0.15, 0.2) is 95.0 Å². The number of anilines is 2. The standard InChI is InChI=1S/C37H27BrClFN2O5/c1-37-27(34(45)42(36(37)47)20-10-14-29(40)28(39)16-20)17-26-24(32(37)23-13-15-30(43)22-5-3-2-4-21(22)23)11-12-25-31(26)35(46)41(33(25)44)19-8-6-18(38)7-9-19/h2-11,13-16,25-27,31-32,43H,12,17H2,1H3. The van der Waals surface area contributed by atoms with Crippen molar-refractivity contribution in [2.24, 2.45) is 29.1 Å². The Morgan fingerprint density at radius 3 is 2.28 bits per heavy atom. The van der Waals surface area contributed by atoms with Gasteiger partial charge in [-0.25, -0.2) is 9.29 Å². The van der Waals surface area contributed by atoms with Gasteiger partial charge in [0.05, 0.1) is 39.6 Å². The van der Waals surface area contributed by atoms with Crippen LogP contribution >= 0.6 is 27.5 Å². The minimum absolute atomic E-state index is 0.0780. The van der Waals surface area contributed by atoms with Gasteiger partial charge in [-0.05, 0) is 85.2 Å². The van der Waals surface area contributed by atoms with Crippen LogP contribution in [-0.2, 0) is 19.2 Å². The summed E-state index contributed by atoms with van der Waals surface area (Å²) in [5, 5.41) is 11.9. The molecule has 2 heterocycles. The summed E-state index contributed by atoms with van der Waals surface area (Å²) in [6.07, 6.45) is 2.48. The lowest BCUT2D eigenvalue weighted by atomic mass is 9.51. The normalized spacial score (nSPS) is 28.4. The van der Waals surface area contributed by atoms with Crippen molar-refractivity contribution in [3.8, 4) is 5.75 Å². The second-order valence-corrected chi connectivity index (χ2v) is 14.3. The topological polar surface area (TPSA) is 95.0 Å². The number of carbonyl (C=O) groups is 4. The number of carbonyl (C=O) groups excluding carboxylic acids is 4. The van der Waals surface area contributed by atoms with E-state index in [-0.39, 0.29) is 34.7 Å². The molecule has 1 saturated carbocycles. The quantitative estimate of drug-likeness (QED) is 0.175. The van der Waals surface area contributed by atoms with E-state index >= 15 is 0 Å². The van der Waals surface area contributed by atoms with Crippen molar-refractivity contribution in [3.63, 3.8) is 0 Å². The van der Waals surface area contributed by atoms with Crippen LogP contribution in [0.5, 0.6) is 5.75 Å². The maximum absolute atomic E-state index is 14.7. The number of nitrogens with zero attached hydrogens (tertiary/aromatic N) is 2. The number of phenols is 1. The number of phenolic OH excluding ortho intramolecular Hbond substituents is 1. The summed E-state index contributed by atoms with van der Waals surface area (Å²) in [5.74, 6) is -5.48. The van der Waals surface area contributed by atoms with E-state index in [1.54, 1.807) is 49.4 Å². The van der Waals surface area contributed by atoms with Crippen molar-refractivity contribution in [1.29, 1.82) is 0 Å². The SMILES string of the molecule is CC12C(=O)N(c3ccc(F)c(Cl)c3)C(=O)C1CC1C(=CCC3C(=O)N(c4ccc(Br)cc4)C(=O)C31)C2c1ccc(O)c2ccccc12. The number of hydrogen-bond donors (Lipinski definition) is 1. The molecule has 236 valence electrons. The summed E-state index contributed by atoms with van der Waals surface area (Å²) in [5.41, 5.74) is 0.915. The van der Waals surface area contributed by atoms with Crippen molar-refractivity contribution < 1.29 is 28.7 Å². The number of halogens is 3. The molecule has 6 unspecified atom stereocenters. The molecule has 6 atom stereocenters. The van der Waals surface area contributed by atoms with Gasteiger partial charge in [-0.15, -0.1) is 0 Å². The van der Waals surface area contributed by atoms with E-state index in [9.17, 15) is 28.7 Å². The zero-order valence-electron chi connectivity index (χ0n) is 25.0. The molecule has 1 N–H and O–H groups in total. The maximum atomic E-state index is 14.7. The number of allylic oxidation sites excluding steroid dienone is 2. The van der Waals surface area contributed by atoms with Gasteiger partial charge in [-0.2, -0.15) is 0 Å². The number of benzene rings is 4. The van der Waals surface area contributed by atoms with E-state index < -0.39 is 52.6 Å². The molecule has 2 aliphatic heterocycles. The van der Waals surface area contributed by atoms with Crippen LogP contribution in [0.3, 0.4) is 0 Å². The molecule has 7 nitrogen and oxygen atoms in total. The van der Waals surface area contributed by atoms with Crippen LogP contribution < -0.4 is 9.80 Å². The second-order valence-electron chi connectivity index (χ2n) is 13.0. The molecule has 4 aromatic carbocycles. The van der Waals surface area contributed by atoms with Gasteiger partial charge in [-0.3, -0.25) is 24.1 Å². The van der Waals surface area contributed by atoms with Crippen LogP contribution in [0.4, 0.5) is 15.8 Å². The van der Waals surface area contributed by atoms with Gasteiger partial charge < -0.3 is 5.11 Å². The maximum Gasteiger partial charge on any atom is 0.241 e. The lowest BCUT2D eigenvalue weighted by Crippen LogP contribution is -2.49. The minimum atomic E-state index is -1.30. The Kier molecular flexibility index (Phi) is 6.76. The van der Waals surface area contributed by atoms with Crippen LogP contribution in [-0.4, -0.2) is 28.7 Å². The molecule has 4 amide bonds. The highest BCUT2D eigenvalue weighted by Gasteiger charge is 2.67. The molecule has 0 aromatic heterocycles. The Bertz CT molecular complexity index is 2100. The summed E-state index contributed by atoms with van der Waals surface area (Å²) in [6.45, 7) is 1.79. The number of fused-ring (bicyclic) bond motifs is 5. The Morgan fingerprint density at radius 2 is 1.55 bits per heavy atom. The molecule has 47 heavy (non-hydrogen) atoms. The molecule has 2 aliphatic carbocycles. The van der Waals surface area contributed by atoms with Crippen molar-refractivity contribution in [3.05, 3.63) is 111 Å². The lowest BCUT2D eigenvalue weighted by molar-refractivity contribution is -0.131. The third kappa shape index (κ3) is 4.15. The molecule has 4 aliphatic rings. The van der Waals surface area contributed by atoms with E-state index in [1.165, 1.54) is 17.0 Å². The van der Waals surface area contributed by atoms with Crippen LogP contribution in [0.25, 0.3) is 10.8 Å². The molecule has 0 bridgehead atoms. The fourth-order valence-corrected chi connectivity index (χ4v) is 9.07. The molecule has 4 aromatic rings. The fraction of sp³-hybridized carbons (Fsp3) is 0.243. The summed E-state index contributed by atoms with van der Waals surface area (Å²) in [6, 6.07) is 21.5. The Balaban J connectivity index is 1.31. The van der Waals surface area contributed by atoms with Gasteiger partial charge in [-0.1, -0.05) is 69.5 Å². The first-order valence-electron chi connectivity index (χ1n) is 15.4. The minimum Gasteiger partial charge on any atom is -0.507 e. The first-order chi connectivity index (χ1) is 22.5.